The molecule has 3 rings (SSSR count). The largest absolute Gasteiger partial charge is 0.435 e. The number of amides is 1. The number of hydrogen-bond acceptors (Lipinski definition) is 5. The van der Waals surface area contributed by atoms with E-state index in [1.54, 1.807) is 6.92 Å². The first kappa shape index (κ1) is 20.8. The monoisotopic (exact) mass is 432 g/mol. The number of nitrogens with one attached hydrogen (secondary N) is 1. The van der Waals surface area contributed by atoms with Gasteiger partial charge in [0.2, 0.25) is 5.91 Å². The third-order valence-corrected chi connectivity index (χ3v) is 4.75. The van der Waals surface area contributed by atoms with Gasteiger partial charge in [-0.25, -0.2) is 0 Å². The lowest BCUT2D eigenvalue weighted by Crippen LogP contribution is -2.22. The Morgan fingerprint density at radius 2 is 1.83 bits per heavy atom. The van der Waals surface area contributed by atoms with E-state index < -0.39 is 29.5 Å². The van der Waals surface area contributed by atoms with Gasteiger partial charge in [0.15, 0.2) is 10.8 Å². The molecular formula is C17H13F5N4O2S. The Balaban J connectivity index is 1.69. The van der Waals surface area contributed by atoms with E-state index >= 15 is 0 Å². The van der Waals surface area contributed by atoms with Crippen LogP contribution in [0.15, 0.2) is 47.8 Å². The van der Waals surface area contributed by atoms with Gasteiger partial charge in [0, 0.05) is 11.9 Å². The summed E-state index contributed by atoms with van der Waals surface area (Å²) in [5.74, 6) is -0.517. The summed E-state index contributed by atoms with van der Waals surface area (Å²) >= 11 is 0.924. The van der Waals surface area contributed by atoms with Crippen LogP contribution >= 0.6 is 11.8 Å². The lowest BCUT2D eigenvalue weighted by atomic mass is 10.3. The first-order chi connectivity index (χ1) is 13.6. The number of fused-ring (bicyclic) bond motifs is 1. The molecule has 6 nitrogen and oxygen atoms in total. The molecule has 0 bridgehead atoms. The van der Waals surface area contributed by atoms with Gasteiger partial charge < -0.3 is 10.1 Å². The van der Waals surface area contributed by atoms with Crippen molar-refractivity contribution in [3.8, 4) is 5.75 Å². The molecule has 1 unspecified atom stereocenters. The maximum atomic E-state index is 12.9. The van der Waals surface area contributed by atoms with Crippen LogP contribution in [0.4, 0.5) is 27.6 Å². The van der Waals surface area contributed by atoms with Gasteiger partial charge in [-0.3, -0.25) is 9.20 Å². The van der Waals surface area contributed by atoms with Gasteiger partial charge in [-0.2, -0.15) is 22.0 Å². The fourth-order valence-corrected chi connectivity index (χ4v) is 3.12. The molecule has 1 atom stereocenters. The molecular weight excluding hydrogens is 419 g/mol. The fourth-order valence-electron chi connectivity index (χ4n) is 2.29. The number of pyridine rings is 1. The van der Waals surface area contributed by atoms with Gasteiger partial charge in [0.25, 0.3) is 0 Å². The third-order valence-electron chi connectivity index (χ3n) is 3.70. The second-order valence-corrected chi connectivity index (χ2v) is 7.09. The van der Waals surface area contributed by atoms with Crippen LogP contribution in [0.5, 0.6) is 5.75 Å². The normalized spacial score (nSPS) is 12.9. The molecule has 1 amide bonds. The van der Waals surface area contributed by atoms with E-state index in [0.717, 1.165) is 28.4 Å². The summed E-state index contributed by atoms with van der Waals surface area (Å²) < 4.78 is 68.4. The summed E-state index contributed by atoms with van der Waals surface area (Å²) in [4.78, 5) is 12.3. The summed E-state index contributed by atoms with van der Waals surface area (Å²) in [6.07, 6.45) is -3.66. The number of carbonyl (C=O) groups is 1. The Morgan fingerprint density at radius 1 is 1.14 bits per heavy atom. The number of carbonyl (C=O) groups excluding carboxylic acids is 1. The molecule has 2 aromatic heterocycles. The molecule has 12 heteroatoms. The molecule has 1 N–H and O–H groups in total. The predicted octanol–water partition coefficient (Wildman–Crippen LogP) is 4.47. The van der Waals surface area contributed by atoms with Crippen LogP contribution in [0.25, 0.3) is 5.65 Å². The Labute approximate surface area is 165 Å². The summed E-state index contributed by atoms with van der Waals surface area (Å²) in [6.45, 7) is -1.41. The number of halogens is 5. The average Bonchev–Trinajstić information content (AvgIpc) is 3.04. The van der Waals surface area contributed by atoms with Crippen molar-refractivity contribution in [1.82, 2.24) is 14.6 Å². The van der Waals surface area contributed by atoms with Crippen LogP contribution in [-0.2, 0) is 11.0 Å². The highest BCUT2D eigenvalue weighted by Crippen LogP contribution is 2.31. The second-order valence-electron chi connectivity index (χ2n) is 5.78. The number of rotatable bonds is 6. The molecule has 0 aliphatic rings. The molecule has 0 saturated carbocycles. The molecule has 1 aromatic carbocycles. The number of hydrogen-bond donors (Lipinski definition) is 1. The van der Waals surface area contributed by atoms with Gasteiger partial charge in [0.05, 0.1) is 10.8 Å². The second kappa shape index (κ2) is 8.23. The third kappa shape index (κ3) is 5.13. The zero-order valence-electron chi connectivity index (χ0n) is 14.7. The van der Waals surface area contributed by atoms with Crippen LogP contribution in [0.2, 0.25) is 0 Å². The van der Waals surface area contributed by atoms with E-state index in [9.17, 15) is 26.7 Å². The minimum atomic E-state index is -4.52. The number of aromatic nitrogens is 3. The topological polar surface area (TPSA) is 68.5 Å². The summed E-state index contributed by atoms with van der Waals surface area (Å²) in [5, 5.41) is 9.59. The minimum Gasteiger partial charge on any atom is -0.435 e. The van der Waals surface area contributed by atoms with E-state index in [2.05, 4.69) is 20.3 Å². The van der Waals surface area contributed by atoms with E-state index in [-0.39, 0.29) is 16.6 Å². The van der Waals surface area contributed by atoms with Crippen LogP contribution in [-0.4, -0.2) is 32.4 Å². The van der Waals surface area contributed by atoms with Crippen molar-refractivity contribution < 1.29 is 31.5 Å². The maximum Gasteiger partial charge on any atom is 0.417 e. The number of ether oxygens (including phenoxy) is 1. The van der Waals surface area contributed by atoms with Crippen LogP contribution in [0.3, 0.4) is 0 Å². The van der Waals surface area contributed by atoms with Crippen molar-refractivity contribution in [3.05, 3.63) is 48.2 Å². The summed E-state index contributed by atoms with van der Waals surface area (Å²) in [7, 11) is 0. The van der Waals surface area contributed by atoms with Crippen molar-refractivity contribution in [1.29, 1.82) is 0 Å². The number of nitrogens with zero attached hydrogens (tertiary/aromatic N) is 3. The molecule has 3 aromatic rings. The highest BCUT2D eigenvalue weighted by Gasteiger charge is 2.31. The minimum absolute atomic E-state index is 0.0594. The van der Waals surface area contributed by atoms with E-state index in [0.29, 0.717) is 5.69 Å². The Hall–Kier alpha value is -2.89. The molecule has 2 heterocycles. The van der Waals surface area contributed by atoms with E-state index in [1.807, 2.05) is 0 Å². The molecule has 0 fully saturated rings. The van der Waals surface area contributed by atoms with Gasteiger partial charge in [-0.05, 0) is 43.3 Å². The van der Waals surface area contributed by atoms with Gasteiger partial charge in [-0.1, -0.05) is 11.8 Å². The van der Waals surface area contributed by atoms with Crippen LogP contribution < -0.4 is 10.1 Å². The quantitative estimate of drug-likeness (QED) is 0.460. The number of anilines is 1. The molecule has 0 aliphatic heterocycles. The van der Waals surface area contributed by atoms with Crippen molar-refractivity contribution in [2.24, 2.45) is 0 Å². The van der Waals surface area contributed by atoms with Gasteiger partial charge in [0.1, 0.15) is 5.75 Å². The molecule has 29 heavy (non-hydrogen) atoms. The Kier molecular flexibility index (Phi) is 5.91. The number of benzene rings is 1. The Morgan fingerprint density at radius 3 is 2.45 bits per heavy atom. The molecule has 0 spiro atoms. The maximum absolute atomic E-state index is 12.9. The molecule has 0 aliphatic carbocycles. The van der Waals surface area contributed by atoms with E-state index in [4.69, 9.17) is 0 Å². The zero-order valence-corrected chi connectivity index (χ0v) is 15.5. The van der Waals surface area contributed by atoms with Gasteiger partial charge in [-0.15, -0.1) is 10.2 Å². The van der Waals surface area contributed by atoms with Crippen molar-refractivity contribution in [2.45, 2.75) is 30.1 Å². The number of thioether (sulfide) groups is 1. The zero-order chi connectivity index (χ0) is 21.2. The van der Waals surface area contributed by atoms with Crippen LogP contribution in [0.1, 0.15) is 12.5 Å². The molecule has 0 radical (unpaired) electrons. The Bertz CT molecular complexity index is 1010. The van der Waals surface area contributed by atoms with Crippen molar-refractivity contribution in [3.63, 3.8) is 0 Å². The highest BCUT2D eigenvalue weighted by molar-refractivity contribution is 8.00. The highest BCUT2D eigenvalue weighted by atomic mass is 32.2. The summed E-state index contributed by atoms with van der Waals surface area (Å²) in [5.41, 5.74) is -0.313. The van der Waals surface area contributed by atoms with Crippen molar-refractivity contribution >= 4 is 29.0 Å². The summed E-state index contributed by atoms with van der Waals surface area (Å²) in [6, 6.07) is 7.39. The first-order valence-electron chi connectivity index (χ1n) is 8.08. The SMILES string of the molecule is CC(Sc1nnc2ccc(C(F)(F)F)cn12)C(=O)Nc1ccc(OC(F)F)cc1. The lowest BCUT2D eigenvalue weighted by Gasteiger charge is -2.12. The number of alkyl halides is 5. The fraction of sp³-hybridized carbons (Fsp3) is 0.235. The average molecular weight is 432 g/mol. The molecule has 154 valence electrons. The first-order valence-corrected chi connectivity index (χ1v) is 8.96. The molecule has 0 saturated heterocycles. The lowest BCUT2D eigenvalue weighted by molar-refractivity contribution is -0.137. The standard InChI is InChI=1S/C17H13F5N4O2S/c1-9(14(27)23-11-3-5-12(6-4-11)28-15(18)19)29-16-25-24-13-7-2-10(8-26(13)16)17(20,21)22/h2-9,15H,1H3,(H,23,27). The smallest absolute Gasteiger partial charge is 0.417 e. The van der Waals surface area contributed by atoms with Gasteiger partial charge >= 0.3 is 12.8 Å². The van der Waals surface area contributed by atoms with Crippen LogP contribution in [0, 0.1) is 0 Å². The van der Waals surface area contributed by atoms with Crippen molar-refractivity contribution in [2.75, 3.05) is 5.32 Å². The van der Waals surface area contributed by atoms with E-state index in [1.165, 1.54) is 30.3 Å². The predicted molar refractivity (Wildman–Crippen MR) is 95.0 cm³/mol.